The van der Waals surface area contributed by atoms with Gasteiger partial charge in [-0.2, -0.15) is 4.31 Å². The molecule has 3 aromatic rings. The molecule has 1 fully saturated rings. The maximum atomic E-state index is 12.9. The minimum Gasteiger partial charge on any atom is -0.352 e. The number of carbonyl (C=O) groups excluding carboxylic acids is 1. The Bertz CT molecular complexity index is 1060. The highest BCUT2D eigenvalue weighted by Gasteiger charge is 2.33. The molecule has 0 aliphatic carbocycles. The predicted octanol–water partition coefficient (Wildman–Crippen LogP) is 3.72. The Labute approximate surface area is 172 Å². The van der Waals surface area contributed by atoms with E-state index in [1.807, 2.05) is 12.1 Å². The summed E-state index contributed by atoms with van der Waals surface area (Å²) in [5.41, 5.74) is 3.25. The molecule has 1 aliphatic rings. The lowest BCUT2D eigenvalue weighted by molar-refractivity contribution is 0.0949. The summed E-state index contributed by atoms with van der Waals surface area (Å²) in [7, 11) is -3.46. The number of piperidine rings is 1. The first-order valence-electron chi connectivity index (χ1n) is 9.22. The van der Waals surface area contributed by atoms with E-state index in [2.05, 4.69) is 10.3 Å². The summed E-state index contributed by atoms with van der Waals surface area (Å²) in [5.74, 6) is -0.140. The second kappa shape index (κ2) is 8.28. The van der Waals surface area contributed by atoms with E-state index in [9.17, 15) is 13.2 Å². The zero-order valence-corrected chi connectivity index (χ0v) is 17.7. The molecule has 9 heteroatoms. The lowest BCUT2D eigenvalue weighted by Crippen LogP contribution is -2.44. The van der Waals surface area contributed by atoms with Crippen molar-refractivity contribution in [2.24, 2.45) is 0 Å². The van der Waals surface area contributed by atoms with Crippen LogP contribution in [0.25, 0.3) is 10.2 Å². The van der Waals surface area contributed by atoms with Crippen molar-refractivity contribution in [3.8, 4) is 0 Å². The van der Waals surface area contributed by atoms with Crippen LogP contribution in [0, 0.1) is 0 Å². The summed E-state index contributed by atoms with van der Waals surface area (Å²) in [5, 5.41) is 4.72. The summed E-state index contributed by atoms with van der Waals surface area (Å²) < 4.78 is 28.8. The largest absolute Gasteiger partial charge is 0.352 e. The quantitative estimate of drug-likeness (QED) is 0.640. The fourth-order valence-corrected chi connectivity index (χ4v) is 7.11. The van der Waals surface area contributed by atoms with Crippen molar-refractivity contribution in [3.05, 3.63) is 46.8 Å². The van der Waals surface area contributed by atoms with Crippen LogP contribution >= 0.6 is 22.7 Å². The number of hydrogen-bond donors (Lipinski definition) is 1. The Morgan fingerprint density at radius 1 is 1.25 bits per heavy atom. The summed E-state index contributed by atoms with van der Waals surface area (Å²) in [6.45, 7) is 0.988. The molecule has 0 bridgehead atoms. The highest BCUT2D eigenvalue weighted by molar-refractivity contribution is 7.91. The average molecular weight is 436 g/mol. The van der Waals surface area contributed by atoms with Crippen LogP contribution < -0.4 is 5.32 Å². The molecule has 0 spiro atoms. The van der Waals surface area contributed by atoms with Crippen LogP contribution in [0.15, 0.2) is 45.4 Å². The molecule has 1 saturated heterocycles. The normalized spacial score (nSPS) is 18.4. The van der Waals surface area contributed by atoms with E-state index in [-0.39, 0.29) is 11.9 Å². The van der Waals surface area contributed by atoms with Crippen LogP contribution in [0.2, 0.25) is 0 Å². The highest BCUT2D eigenvalue weighted by atomic mass is 32.2. The summed E-state index contributed by atoms with van der Waals surface area (Å²) in [6, 6.07) is 8.80. The average Bonchev–Trinajstić information content (AvgIpc) is 3.39. The van der Waals surface area contributed by atoms with Crippen LogP contribution in [-0.2, 0) is 10.0 Å². The molecule has 148 valence electrons. The fourth-order valence-electron chi connectivity index (χ4n) is 3.56. The molecule has 6 nitrogen and oxygen atoms in total. The Morgan fingerprint density at radius 2 is 2.14 bits per heavy atom. The standard InChI is InChI=1S/C19H21N3O3S3/c23-19(14-6-7-16-17(12-14)27-13-21-16)20-9-8-15-4-1-2-10-22(15)28(24,25)18-5-3-11-26-18/h3,5-7,11-13,15H,1-2,4,8-10H2,(H,20,23). The van der Waals surface area contributed by atoms with Crippen molar-refractivity contribution >= 4 is 48.8 Å². The molecule has 2 aromatic heterocycles. The first-order chi connectivity index (χ1) is 13.6. The second-order valence-corrected chi connectivity index (χ2v) is 10.7. The van der Waals surface area contributed by atoms with Crippen LogP contribution in [-0.4, -0.2) is 42.7 Å². The van der Waals surface area contributed by atoms with Gasteiger partial charge < -0.3 is 5.32 Å². The van der Waals surface area contributed by atoms with Crippen LogP contribution in [0.1, 0.15) is 36.0 Å². The van der Waals surface area contributed by atoms with E-state index in [0.29, 0.717) is 29.3 Å². The third-order valence-corrected chi connectivity index (χ3v) is 9.10. The first-order valence-corrected chi connectivity index (χ1v) is 12.4. The van der Waals surface area contributed by atoms with Gasteiger partial charge in [0.05, 0.1) is 15.7 Å². The Morgan fingerprint density at radius 3 is 2.96 bits per heavy atom. The van der Waals surface area contributed by atoms with Crippen molar-refractivity contribution in [2.75, 3.05) is 13.1 Å². The zero-order valence-electron chi connectivity index (χ0n) is 15.2. The van der Waals surface area contributed by atoms with Gasteiger partial charge in [-0.25, -0.2) is 13.4 Å². The van der Waals surface area contributed by atoms with E-state index < -0.39 is 10.0 Å². The minimum atomic E-state index is -3.46. The maximum absolute atomic E-state index is 12.9. The smallest absolute Gasteiger partial charge is 0.252 e. The summed E-state index contributed by atoms with van der Waals surface area (Å²) >= 11 is 2.75. The van der Waals surface area contributed by atoms with Crippen molar-refractivity contribution in [2.45, 2.75) is 35.9 Å². The molecule has 1 atom stereocenters. The van der Waals surface area contributed by atoms with Gasteiger partial charge >= 0.3 is 0 Å². The number of nitrogens with zero attached hydrogens (tertiary/aromatic N) is 2. The maximum Gasteiger partial charge on any atom is 0.252 e. The monoisotopic (exact) mass is 435 g/mol. The van der Waals surface area contributed by atoms with Crippen molar-refractivity contribution in [1.29, 1.82) is 0 Å². The third-order valence-electron chi connectivity index (χ3n) is 4.99. The topological polar surface area (TPSA) is 79.4 Å². The molecular weight excluding hydrogens is 414 g/mol. The van der Waals surface area contributed by atoms with Crippen LogP contribution in [0.5, 0.6) is 0 Å². The van der Waals surface area contributed by atoms with Gasteiger partial charge in [0.25, 0.3) is 15.9 Å². The van der Waals surface area contributed by atoms with Gasteiger partial charge in [0.2, 0.25) is 0 Å². The fraction of sp³-hybridized carbons (Fsp3) is 0.368. The minimum absolute atomic E-state index is 0.0786. The molecular formula is C19H21N3O3S3. The molecule has 1 unspecified atom stereocenters. The lowest BCUT2D eigenvalue weighted by atomic mass is 10.0. The number of nitrogens with one attached hydrogen (secondary N) is 1. The molecule has 1 aliphatic heterocycles. The van der Waals surface area contributed by atoms with Gasteiger partial charge in [0, 0.05) is 24.7 Å². The van der Waals surface area contributed by atoms with E-state index >= 15 is 0 Å². The number of thiazole rings is 1. The van der Waals surface area contributed by atoms with Crippen molar-refractivity contribution < 1.29 is 13.2 Å². The Hall–Kier alpha value is -1.81. The SMILES string of the molecule is O=C(NCCC1CCCCN1S(=O)(=O)c1cccs1)c1ccc2ncsc2c1. The molecule has 3 heterocycles. The highest BCUT2D eigenvalue weighted by Crippen LogP contribution is 2.29. The molecule has 1 N–H and O–H groups in total. The predicted molar refractivity (Wildman–Crippen MR) is 112 cm³/mol. The number of hydrogen-bond acceptors (Lipinski definition) is 6. The summed E-state index contributed by atoms with van der Waals surface area (Å²) in [4.78, 5) is 16.7. The van der Waals surface area contributed by atoms with Gasteiger partial charge in [0.1, 0.15) is 4.21 Å². The van der Waals surface area contributed by atoms with Gasteiger partial charge in [-0.1, -0.05) is 12.5 Å². The van der Waals surface area contributed by atoms with Gasteiger partial charge in [-0.3, -0.25) is 4.79 Å². The molecule has 28 heavy (non-hydrogen) atoms. The zero-order chi connectivity index (χ0) is 19.6. The molecule has 0 saturated carbocycles. The molecule has 1 amide bonds. The second-order valence-electron chi connectivity index (χ2n) is 6.78. The molecule has 4 rings (SSSR count). The number of rotatable bonds is 6. The number of aromatic nitrogens is 1. The molecule has 1 aromatic carbocycles. The van der Waals surface area contributed by atoms with E-state index in [1.54, 1.807) is 33.4 Å². The number of sulfonamides is 1. The Balaban J connectivity index is 1.39. The third kappa shape index (κ3) is 3.98. The number of thiophene rings is 1. The van der Waals surface area contributed by atoms with Crippen molar-refractivity contribution in [3.63, 3.8) is 0 Å². The summed E-state index contributed by atoms with van der Waals surface area (Å²) in [6.07, 6.45) is 3.33. The van der Waals surface area contributed by atoms with Gasteiger partial charge in [-0.15, -0.1) is 22.7 Å². The number of carbonyl (C=O) groups is 1. The van der Waals surface area contributed by atoms with Crippen molar-refractivity contribution in [1.82, 2.24) is 14.6 Å². The number of fused-ring (bicyclic) bond motifs is 1. The van der Waals surface area contributed by atoms with E-state index in [0.717, 1.165) is 29.5 Å². The molecule has 0 radical (unpaired) electrons. The Kier molecular flexibility index (Phi) is 5.77. The van der Waals surface area contributed by atoms with Gasteiger partial charge in [0.15, 0.2) is 0 Å². The first kappa shape index (κ1) is 19.5. The van der Waals surface area contributed by atoms with Crippen LogP contribution in [0.4, 0.5) is 0 Å². The van der Waals surface area contributed by atoms with E-state index in [4.69, 9.17) is 0 Å². The lowest BCUT2D eigenvalue weighted by Gasteiger charge is -2.34. The number of amides is 1. The van der Waals surface area contributed by atoms with E-state index in [1.165, 1.54) is 22.7 Å². The van der Waals surface area contributed by atoms with Gasteiger partial charge in [-0.05, 0) is 48.9 Å². The number of benzene rings is 1. The van der Waals surface area contributed by atoms with Crippen LogP contribution in [0.3, 0.4) is 0 Å².